The zero-order chi connectivity index (χ0) is 20.7. The van der Waals surface area contributed by atoms with Crippen LogP contribution < -0.4 is 9.47 Å². The maximum absolute atomic E-state index is 13.1. The Balaban J connectivity index is 1.23. The number of fused-ring (bicyclic) bond motifs is 2. The predicted molar refractivity (Wildman–Crippen MR) is 116 cm³/mol. The van der Waals surface area contributed by atoms with E-state index in [2.05, 4.69) is 12.3 Å². The number of carbonyl (C=O) groups is 2. The van der Waals surface area contributed by atoms with Gasteiger partial charge in [-0.05, 0) is 61.8 Å². The number of thiophene rings is 1. The third-order valence-corrected chi connectivity index (χ3v) is 7.66. The van der Waals surface area contributed by atoms with Gasteiger partial charge in [0.15, 0.2) is 17.3 Å². The number of hydrogen-bond donors (Lipinski definition) is 0. The largest absolute Gasteiger partial charge is 0.486 e. The van der Waals surface area contributed by atoms with Gasteiger partial charge in [0.25, 0.3) is 5.91 Å². The molecule has 0 bridgehead atoms. The van der Waals surface area contributed by atoms with Crippen molar-refractivity contribution in [1.29, 1.82) is 0 Å². The van der Waals surface area contributed by atoms with Crippen LogP contribution >= 0.6 is 11.3 Å². The molecule has 1 aliphatic carbocycles. The van der Waals surface area contributed by atoms with Gasteiger partial charge in [0.05, 0.1) is 5.56 Å². The average molecular weight is 426 g/mol. The molecular formula is C24H27NO4S. The molecule has 158 valence electrons. The molecule has 1 aromatic carbocycles. The molecule has 5 rings (SSSR count). The number of benzene rings is 1. The first kappa shape index (κ1) is 19.6. The minimum atomic E-state index is -0.0474. The van der Waals surface area contributed by atoms with Crippen molar-refractivity contribution in [2.24, 2.45) is 11.8 Å². The minimum Gasteiger partial charge on any atom is -0.486 e. The zero-order valence-electron chi connectivity index (χ0n) is 17.3. The van der Waals surface area contributed by atoms with Crippen LogP contribution in [0.2, 0.25) is 0 Å². The number of rotatable bonds is 3. The molecule has 1 fully saturated rings. The molecule has 1 atom stereocenters. The molecule has 0 saturated carbocycles. The van der Waals surface area contributed by atoms with E-state index in [-0.39, 0.29) is 17.6 Å². The van der Waals surface area contributed by atoms with Crippen molar-refractivity contribution in [2.75, 3.05) is 26.3 Å². The zero-order valence-corrected chi connectivity index (χ0v) is 18.1. The Kier molecular flexibility index (Phi) is 5.27. The Morgan fingerprint density at radius 3 is 2.63 bits per heavy atom. The topological polar surface area (TPSA) is 55.8 Å². The average Bonchev–Trinajstić information content (AvgIpc) is 3.21. The molecule has 30 heavy (non-hydrogen) atoms. The second-order valence-corrected chi connectivity index (χ2v) is 9.65. The maximum Gasteiger partial charge on any atom is 0.254 e. The molecule has 0 spiro atoms. The second-order valence-electron chi connectivity index (χ2n) is 8.69. The SMILES string of the molecule is C[C@H]1CCc2c(C(=O)N3CCC(C(=O)c4ccc5c(c4)OCCO5)CC3)csc2C1. The van der Waals surface area contributed by atoms with Crippen molar-refractivity contribution in [3.05, 3.63) is 45.1 Å². The van der Waals surface area contributed by atoms with Gasteiger partial charge in [-0.15, -0.1) is 11.3 Å². The highest BCUT2D eigenvalue weighted by Crippen LogP contribution is 2.35. The number of ether oxygens (including phenoxy) is 2. The maximum atomic E-state index is 13.1. The van der Waals surface area contributed by atoms with Crippen LogP contribution in [-0.2, 0) is 12.8 Å². The normalized spacial score (nSPS) is 21.2. The van der Waals surface area contributed by atoms with Crippen molar-refractivity contribution < 1.29 is 19.1 Å². The fourth-order valence-electron chi connectivity index (χ4n) is 4.80. The first-order chi connectivity index (χ1) is 14.6. The smallest absolute Gasteiger partial charge is 0.254 e. The van der Waals surface area contributed by atoms with Crippen LogP contribution in [0.1, 0.15) is 57.3 Å². The van der Waals surface area contributed by atoms with E-state index in [4.69, 9.17) is 9.47 Å². The van der Waals surface area contributed by atoms with E-state index < -0.39 is 0 Å². The molecule has 1 aromatic heterocycles. The van der Waals surface area contributed by atoms with Gasteiger partial charge in [0, 0.05) is 34.8 Å². The predicted octanol–water partition coefficient (Wildman–Crippen LogP) is 4.38. The van der Waals surface area contributed by atoms with Gasteiger partial charge >= 0.3 is 0 Å². The third-order valence-electron chi connectivity index (χ3n) is 6.61. The van der Waals surface area contributed by atoms with Gasteiger partial charge in [-0.25, -0.2) is 0 Å². The molecule has 0 radical (unpaired) electrons. The molecule has 6 heteroatoms. The summed E-state index contributed by atoms with van der Waals surface area (Å²) in [6, 6.07) is 5.44. The number of likely N-dealkylation sites (tertiary alicyclic amines) is 1. The molecule has 1 amide bonds. The Labute approximate surface area is 181 Å². The summed E-state index contributed by atoms with van der Waals surface area (Å²) < 4.78 is 11.2. The Morgan fingerprint density at radius 2 is 1.83 bits per heavy atom. The molecule has 0 N–H and O–H groups in total. The van der Waals surface area contributed by atoms with Crippen molar-refractivity contribution in [3.63, 3.8) is 0 Å². The first-order valence-electron chi connectivity index (χ1n) is 10.9. The summed E-state index contributed by atoms with van der Waals surface area (Å²) in [6.07, 6.45) is 4.69. The van der Waals surface area contributed by atoms with Crippen molar-refractivity contribution in [1.82, 2.24) is 4.90 Å². The number of piperidine rings is 1. The number of nitrogens with zero attached hydrogens (tertiary/aromatic N) is 1. The van der Waals surface area contributed by atoms with Gasteiger partial charge < -0.3 is 14.4 Å². The summed E-state index contributed by atoms with van der Waals surface area (Å²) in [4.78, 5) is 29.5. The quantitative estimate of drug-likeness (QED) is 0.685. The van der Waals surface area contributed by atoms with Crippen LogP contribution in [-0.4, -0.2) is 42.9 Å². The lowest BCUT2D eigenvalue weighted by atomic mass is 9.87. The van der Waals surface area contributed by atoms with Gasteiger partial charge in [0.2, 0.25) is 0 Å². The van der Waals surface area contributed by atoms with Crippen LogP contribution in [0.3, 0.4) is 0 Å². The second kappa shape index (κ2) is 8.06. The summed E-state index contributed by atoms with van der Waals surface area (Å²) in [5.74, 6) is 2.30. The van der Waals surface area contributed by atoms with E-state index >= 15 is 0 Å². The summed E-state index contributed by atoms with van der Waals surface area (Å²) in [5, 5.41) is 2.05. The Bertz CT molecular complexity index is 974. The van der Waals surface area contributed by atoms with E-state index in [1.807, 2.05) is 17.0 Å². The van der Waals surface area contributed by atoms with E-state index in [9.17, 15) is 9.59 Å². The van der Waals surface area contributed by atoms with E-state index in [1.165, 1.54) is 10.4 Å². The lowest BCUT2D eigenvalue weighted by Crippen LogP contribution is -2.40. The summed E-state index contributed by atoms with van der Waals surface area (Å²) >= 11 is 1.74. The van der Waals surface area contributed by atoms with Crippen LogP contribution in [0, 0.1) is 11.8 Å². The summed E-state index contributed by atoms with van der Waals surface area (Å²) in [5.41, 5.74) is 2.85. The fourth-order valence-corrected chi connectivity index (χ4v) is 6.04. The molecule has 2 aliphatic heterocycles. The number of ketones is 1. The van der Waals surface area contributed by atoms with Crippen molar-refractivity contribution >= 4 is 23.0 Å². The lowest BCUT2D eigenvalue weighted by Gasteiger charge is -2.32. The Morgan fingerprint density at radius 1 is 1.07 bits per heavy atom. The number of Topliss-reactive ketones (excluding diaryl/α,β-unsaturated/α-hetero) is 1. The van der Waals surface area contributed by atoms with Gasteiger partial charge in [-0.1, -0.05) is 6.92 Å². The van der Waals surface area contributed by atoms with Crippen LogP contribution in [0.4, 0.5) is 0 Å². The number of hydrogen-bond acceptors (Lipinski definition) is 5. The molecule has 1 saturated heterocycles. The Hall–Kier alpha value is -2.34. The summed E-state index contributed by atoms with van der Waals surface area (Å²) in [7, 11) is 0. The fraction of sp³-hybridized carbons (Fsp3) is 0.500. The number of amides is 1. The molecule has 5 nitrogen and oxygen atoms in total. The highest BCUT2D eigenvalue weighted by molar-refractivity contribution is 7.10. The van der Waals surface area contributed by atoms with Crippen LogP contribution in [0.15, 0.2) is 23.6 Å². The molecule has 3 heterocycles. The minimum absolute atomic E-state index is 0.0474. The monoisotopic (exact) mass is 425 g/mol. The van der Waals surface area contributed by atoms with Gasteiger partial charge in [-0.2, -0.15) is 0 Å². The van der Waals surface area contributed by atoms with E-state index in [0.29, 0.717) is 62.1 Å². The van der Waals surface area contributed by atoms with Crippen molar-refractivity contribution in [3.8, 4) is 11.5 Å². The molecule has 0 unspecified atom stereocenters. The highest BCUT2D eigenvalue weighted by atomic mass is 32.1. The number of carbonyl (C=O) groups excluding carboxylic acids is 2. The standard InChI is InChI=1S/C24H27NO4S/c1-15-2-4-18-19(14-30-22(18)12-15)24(27)25-8-6-16(7-9-25)23(26)17-3-5-20-21(13-17)29-11-10-28-20/h3,5,13-16H,2,4,6-12H2,1H3/t15-/m0/s1. The van der Waals surface area contributed by atoms with Gasteiger partial charge in [-0.3, -0.25) is 9.59 Å². The van der Waals surface area contributed by atoms with E-state index in [1.54, 1.807) is 17.4 Å². The van der Waals surface area contributed by atoms with Gasteiger partial charge in [0.1, 0.15) is 13.2 Å². The molecule has 3 aliphatic rings. The van der Waals surface area contributed by atoms with E-state index in [0.717, 1.165) is 24.8 Å². The lowest BCUT2D eigenvalue weighted by molar-refractivity contribution is 0.0649. The van der Waals surface area contributed by atoms with Crippen molar-refractivity contribution in [2.45, 2.75) is 39.0 Å². The first-order valence-corrected chi connectivity index (χ1v) is 11.8. The summed E-state index contributed by atoms with van der Waals surface area (Å²) in [6.45, 7) is 4.62. The van der Waals surface area contributed by atoms with Crippen LogP contribution in [0.25, 0.3) is 0 Å². The highest BCUT2D eigenvalue weighted by Gasteiger charge is 2.31. The van der Waals surface area contributed by atoms with Crippen LogP contribution in [0.5, 0.6) is 11.5 Å². The molecular weight excluding hydrogens is 398 g/mol. The molecule has 2 aromatic rings. The third kappa shape index (κ3) is 3.62.